The molecule has 1 aliphatic heterocycles. The van der Waals surface area contributed by atoms with E-state index in [1.54, 1.807) is 0 Å². The number of hydrogen-bond acceptors (Lipinski definition) is 1. The molecular weight excluding hydrogens is 170 g/mol. The van der Waals surface area contributed by atoms with Crippen LogP contribution in [-0.2, 0) is 0 Å². The van der Waals surface area contributed by atoms with Gasteiger partial charge in [0.1, 0.15) is 0 Å². The molecule has 0 aromatic carbocycles. The molecule has 1 spiro atoms. The maximum absolute atomic E-state index is 3.57. The highest BCUT2D eigenvalue weighted by molar-refractivity contribution is 5.03. The SMILES string of the molecule is CCC1CNCCC12CCCC2(C)C. The molecule has 1 heterocycles. The molecule has 0 radical (unpaired) electrons. The Morgan fingerprint density at radius 3 is 2.57 bits per heavy atom. The van der Waals surface area contributed by atoms with E-state index in [9.17, 15) is 0 Å². The van der Waals surface area contributed by atoms with E-state index in [1.165, 1.54) is 45.2 Å². The van der Waals surface area contributed by atoms with Gasteiger partial charge in [0.05, 0.1) is 0 Å². The fourth-order valence-corrected chi connectivity index (χ4v) is 4.18. The first-order valence-electron chi connectivity index (χ1n) is 6.33. The molecule has 0 amide bonds. The topological polar surface area (TPSA) is 12.0 Å². The summed E-state index contributed by atoms with van der Waals surface area (Å²) in [5.41, 5.74) is 1.27. The first-order valence-corrected chi connectivity index (χ1v) is 6.33. The molecule has 1 N–H and O–H groups in total. The lowest BCUT2D eigenvalue weighted by atomic mass is 9.57. The lowest BCUT2D eigenvalue weighted by molar-refractivity contribution is 0.00261. The summed E-state index contributed by atoms with van der Waals surface area (Å²) >= 11 is 0. The second kappa shape index (κ2) is 3.52. The molecule has 1 saturated heterocycles. The maximum atomic E-state index is 3.57. The van der Waals surface area contributed by atoms with Crippen molar-refractivity contribution in [1.82, 2.24) is 5.32 Å². The maximum Gasteiger partial charge on any atom is -0.00151 e. The summed E-state index contributed by atoms with van der Waals surface area (Å²) in [6.45, 7) is 9.90. The lowest BCUT2D eigenvalue weighted by Gasteiger charge is -2.50. The van der Waals surface area contributed by atoms with Gasteiger partial charge in [-0.15, -0.1) is 0 Å². The number of nitrogens with one attached hydrogen (secondary N) is 1. The van der Waals surface area contributed by atoms with Crippen molar-refractivity contribution >= 4 is 0 Å². The van der Waals surface area contributed by atoms with E-state index < -0.39 is 0 Å². The Kier molecular flexibility index (Phi) is 2.63. The van der Waals surface area contributed by atoms with Crippen LogP contribution in [-0.4, -0.2) is 13.1 Å². The van der Waals surface area contributed by atoms with Crippen molar-refractivity contribution < 1.29 is 0 Å². The Hall–Kier alpha value is -0.0400. The Balaban J connectivity index is 2.26. The molecule has 82 valence electrons. The smallest absolute Gasteiger partial charge is 0.00151 e. The van der Waals surface area contributed by atoms with Crippen LogP contribution in [0.4, 0.5) is 0 Å². The highest BCUT2D eigenvalue weighted by atomic mass is 14.9. The average molecular weight is 195 g/mol. The summed E-state index contributed by atoms with van der Waals surface area (Å²) in [5, 5.41) is 3.57. The van der Waals surface area contributed by atoms with Crippen LogP contribution < -0.4 is 5.32 Å². The van der Waals surface area contributed by atoms with Crippen molar-refractivity contribution in [3.8, 4) is 0 Å². The fraction of sp³-hybridized carbons (Fsp3) is 1.00. The van der Waals surface area contributed by atoms with Gasteiger partial charge in [0.2, 0.25) is 0 Å². The van der Waals surface area contributed by atoms with Crippen LogP contribution >= 0.6 is 0 Å². The van der Waals surface area contributed by atoms with Crippen LogP contribution in [0.25, 0.3) is 0 Å². The van der Waals surface area contributed by atoms with Gasteiger partial charge >= 0.3 is 0 Å². The van der Waals surface area contributed by atoms with Gasteiger partial charge < -0.3 is 5.32 Å². The third-order valence-corrected chi connectivity index (χ3v) is 5.19. The summed E-state index contributed by atoms with van der Waals surface area (Å²) in [7, 11) is 0. The number of hydrogen-bond donors (Lipinski definition) is 1. The van der Waals surface area contributed by atoms with E-state index >= 15 is 0 Å². The van der Waals surface area contributed by atoms with Gasteiger partial charge in [-0.25, -0.2) is 0 Å². The zero-order chi connectivity index (χ0) is 10.2. The van der Waals surface area contributed by atoms with E-state index in [0.29, 0.717) is 10.8 Å². The highest BCUT2D eigenvalue weighted by Crippen LogP contribution is 2.60. The second-order valence-electron chi connectivity index (χ2n) is 5.95. The van der Waals surface area contributed by atoms with Gasteiger partial charge in [0.25, 0.3) is 0 Å². The molecule has 2 unspecified atom stereocenters. The summed E-state index contributed by atoms with van der Waals surface area (Å²) in [6, 6.07) is 0. The first kappa shape index (κ1) is 10.5. The van der Waals surface area contributed by atoms with E-state index in [-0.39, 0.29) is 0 Å². The molecule has 0 bridgehead atoms. The molecule has 2 fully saturated rings. The van der Waals surface area contributed by atoms with E-state index in [1.807, 2.05) is 0 Å². The molecular formula is C13H25N. The first-order chi connectivity index (χ1) is 6.62. The van der Waals surface area contributed by atoms with Crippen molar-refractivity contribution in [2.75, 3.05) is 13.1 Å². The van der Waals surface area contributed by atoms with Crippen LogP contribution in [0.5, 0.6) is 0 Å². The lowest BCUT2D eigenvalue weighted by Crippen LogP contribution is -2.50. The minimum atomic E-state index is 0.593. The minimum absolute atomic E-state index is 0.593. The third-order valence-electron chi connectivity index (χ3n) is 5.19. The molecule has 1 heteroatoms. The molecule has 0 aromatic heterocycles. The molecule has 1 aliphatic carbocycles. The molecule has 14 heavy (non-hydrogen) atoms. The summed E-state index contributed by atoms with van der Waals surface area (Å²) in [5.74, 6) is 0.925. The van der Waals surface area contributed by atoms with Crippen molar-refractivity contribution in [3.05, 3.63) is 0 Å². The van der Waals surface area contributed by atoms with Crippen molar-refractivity contribution in [1.29, 1.82) is 0 Å². The zero-order valence-corrected chi connectivity index (χ0v) is 10.0. The number of piperidine rings is 1. The second-order valence-corrected chi connectivity index (χ2v) is 5.95. The molecule has 2 atom stereocenters. The van der Waals surface area contributed by atoms with Crippen molar-refractivity contribution in [2.45, 2.75) is 52.9 Å². The predicted molar refractivity (Wildman–Crippen MR) is 61.3 cm³/mol. The van der Waals surface area contributed by atoms with E-state index in [2.05, 4.69) is 26.1 Å². The van der Waals surface area contributed by atoms with Crippen molar-refractivity contribution in [3.63, 3.8) is 0 Å². The van der Waals surface area contributed by atoms with Gasteiger partial charge in [0.15, 0.2) is 0 Å². The summed E-state index contributed by atoms with van der Waals surface area (Å²) < 4.78 is 0. The van der Waals surface area contributed by atoms with Crippen LogP contribution in [0.2, 0.25) is 0 Å². The van der Waals surface area contributed by atoms with E-state index in [4.69, 9.17) is 0 Å². The van der Waals surface area contributed by atoms with Crippen LogP contribution in [0, 0.1) is 16.7 Å². The van der Waals surface area contributed by atoms with Crippen LogP contribution in [0.3, 0.4) is 0 Å². The monoisotopic (exact) mass is 195 g/mol. The molecule has 2 rings (SSSR count). The molecule has 1 saturated carbocycles. The normalized spacial score (nSPS) is 41.8. The van der Waals surface area contributed by atoms with Crippen LogP contribution in [0.1, 0.15) is 52.9 Å². The van der Waals surface area contributed by atoms with Gasteiger partial charge in [-0.05, 0) is 49.1 Å². The third kappa shape index (κ3) is 1.32. The minimum Gasteiger partial charge on any atom is -0.316 e. The van der Waals surface area contributed by atoms with Gasteiger partial charge in [-0.3, -0.25) is 0 Å². The highest BCUT2D eigenvalue weighted by Gasteiger charge is 2.52. The standard InChI is InChI=1S/C13H25N/c1-4-11-10-14-9-8-13(11)7-5-6-12(13,2)3/h11,14H,4-10H2,1-3H3. The summed E-state index contributed by atoms with van der Waals surface area (Å²) in [6.07, 6.45) is 7.17. The summed E-state index contributed by atoms with van der Waals surface area (Å²) in [4.78, 5) is 0. The quantitative estimate of drug-likeness (QED) is 0.677. The van der Waals surface area contributed by atoms with Crippen molar-refractivity contribution in [2.24, 2.45) is 16.7 Å². The Bertz CT molecular complexity index is 209. The van der Waals surface area contributed by atoms with Crippen LogP contribution in [0.15, 0.2) is 0 Å². The zero-order valence-electron chi connectivity index (χ0n) is 10.0. The fourth-order valence-electron chi connectivity index (χ4n) is 4.18. The number of rotatable bonds is 1. The van der Waals surface area contributed by atoms with Gasteiger partial charge in [-0.1, -0.05) is 33.6 Å². The van der Waals surface area contributed by atoms with Gasteiger partial charge in [0, 0.05) is 0 Å². The molecule has 1 nitrogen and oxygen atoms in total. The average Bonchev–Trinajstić information content (AvgIpc) is 2.44. The van der Waals surface area contributed by atoms with E-state index in [0.717, 1.165) is 5.92 Å². The Labute approximate surface area is 88.7 Å². The molecule has 0 aromatic rings. The Morgan fingerprint density at radius 1 is 1.21 bits per heavy atom. The largest absolute Gasteiger partial charge is 0.316 e. The Morgan fingerprint density at radius 2 is 2.00 bits per heavy atom. The predicted octanol–water partition coefficient (Wildman–Crippen LogP) is 3.20. The molecule has 2 aliphatic rings. The van der Waals surface area contributed by atoms with Gasteiger partial charge in [-0.2, -0.15) is 0 Å².